The molecule has 0 saturated carbocycles. The van der Waals surface area contributed by atoms with E-state index in [1.54, 1.807) is 7.11 Å². The number of ether oxygens (including phenoxy) is 1. The van der Waals surface area contributed by atoms with Crippen molar-refractivity contribution in [2.24, 2.45) is 5.73 Å². The Hall–Kier alpha value is -2.14. The molecule has 1 aromatic carbocycles. The molecule has 0 aliphatic heterocycles. The molecule has 2 N–H and O–H groups in total. The van der Waals surface area contributed by atoms with Crippen LogP contribution >= 0.6 is 0 Å². The summed E-state index contributed by atoms with van der Waals surface area (Å²) >= 11 is 0. The van der Waals surface area contributed by atoms with Crippen LogP contribution in [0.2, 0.25) is 0 Å². The molecular formula is C16H22N4O. The molecule has 0 spiro atoms. The van der Waals surface area contributed by atoms with Crippen molar-refractivity contribution in [2.45, 2.75) is 20.4 Å². The summed E-state index contributed by atoms with van der Waals surface area (Å²) in [4.78, 5) is 11.3. The molecule has 2 rings (SSSR count). The molecule has 0 amide bonds. The Labute approximate surface area is 125 Å². The van der Waals surface area contributed by atoms with E-state index in [1.165, 1.54) is 0 Å². The van der Waals surface area contributed by atoms with Crippen molar-refractivity contribution in [3.8, 4) is 17.0 Å². The largest absolute Gasteiger partial charge is 0.496 e. The fraction of sp³-hybridized carbons (Fsp3) is 0.375. The number of hydrogen-bond donors (Lipinski definition) is 1. The van der Waals surface area contributed by atoms with Crippen LogP contribution in [0.5, 0.6) is 5.75 Å². The van der Waals surface area contributed by atoms with Gasteiger partial charge in [-0.3, -0.25) is 0 Å². The average molecular weight is 286 g/mol. The molecule has 0 saturated heterocycles. The zero-order chi connectivity index (χ0) is 15.2. The Morgan fingerprint density at radius 2 is 1.86 bits per heavy atom. The van der Waals surface area contributed by atoms with E-state index in [0.29, 0.717) is 12.5 Å². The Balaban J connectivity index is 2.55. The van der Waals surface area contributed by atoms with E-state index in [2.05, 4.69) is 28.7 Å². The summed E-state index contributed by atoms with van der Waals surface area (Å²) in [5.74, 6) is 1.51. The van der Waals surface area contributed by atoms with Crippen molar-refractivity contribution in [2.75, 3.05) is 25.1 Å². The molecule has 1 aromatic heterocycles. The summed E-state index contributed by atoms with van der Waals surface area (Å²) < 4.78 is 5.42. The number of nitrogens with two attached hydrogens (primary N) is 1. The predicted molar refractivity (Wildman–Crippen MR) is 85.5 cm³/mol. The lowest BCUT2D eigenvalue weighted by Crippen LogP contribution is -2.25. The molecule has 1 heterocycles. The van der Waals surface area contributed by atoms with Crippen molar-refractivity contribution in [3.63, 3.8) is 0 Å². The van der Waals surface area contributed by atoms with Crippen LogP contribution in [0.25, 0.3) is 11.3 Å². The minimum atomic E-state index is 0.388. The maximum atomic E-state index is 5.78. The summed E-state index contributed by atoms with van der Waals surface area (Å²) in [5, 5.41) is 0. The molecule has 21 heavy (non-hydrogen) atoms. The Kier molecular flexibility index (Phi) is 5.11. The highest BCUT2D eigenvalue weighted by atomic mass is 16.5. The normalized spacial score (nSPS) is 10.5. The number of aromatic nitrogens is 2. The number of rotatable bonds is 6. The van der Waals surface area contributed by atoms with Crippen molar-refractivity contribution in [3.05, 3.63) is 36.0 Å². The van der Waals surface area contributed by atoms with Gasteiger partial charge in [-0.25, -0.2) is 9.97 Å². The highest BCUT2D eigenvalue weighted by Gasteiger charge is 2.13. The highest BCUT2D eigenvalue weighted by molar-refractivity contribution is 5.68. The summed E-state index contributed by atoms with van der Waals surface area (Å²) in [6.07, 6.45) is 0. The summed E-state index contributed by atoms with van der Waals surface area (Å²) in [5.41, 5.74) is 8.39. The molecular weight excluding hydrogens is 264 g/mol. The van der Waals surface area contributed by atoms with Gasteiger partial charge in [0.25, 0.3) is 0 Å². The van der Waals surface area contributed by atoms with Gasteiger partial charge in [0.15, 0.2) is 0 Å². The Morgan fingerprint density at radius 3 is 2.48 bits per heavy atom. The number of methoxy groups -OCH3 is 1. The molecule has 5 nitrogen and oxygen atoms in total. The Bertz CT molecular complexity index is 597. The topological polar surface area (TPSA) is 64.3 Å². The number of anilines is 1. The zero-order valence-corrected chi connectivity index (χ0v) is 12.8. The zero-order valence-electron chi connectivity index (χ0n) is 12.8. The van der Waals surface area contributed by atoms with Crippen molar-refractivity contribution < 1.29 is 4.74 Å². The van der Waals surface area contributed by atoms with E-state index in [9.17, 15) is 0 Å². The molecule has 0 atom stereocenters. The van der Waals surface area contributed by atoms with Gasteiger partial charge >= 0.3 is 0 Å². The maximum absolute atomic E-state index is 5.78. The molecule has 0 bridgehead atoms. The fourth-order valence-corrected chi connectivity index (χ4v) is 2.23. The van der Waals surface area contributed by atoms with Gasteiger partial charge in [0.2, 0.25) is 5.95 Å². The van der Waals surface area contributed by atoms with Gasteiger partial charge in [0.05, 0.1) is 18.5 Å². The number of para-hydroxylation sites is 1. The number of nitrogens with zero attached hydrogens (tertiary/aromatic N) is 3. The van der Waals surface area contributed by atoms with Gasteiger partial charge < -0.3 is 15.4 Å². The average Bonchev–Trinajstić information content (AvgIpc) is 2.55. The van der Waals surface area contributed by atoms with Gasteiger partial charge in [0, 0.05) is 25.2 Å². The van der Waals surface area contributed by atoms with Gasteiger partial charge in [-0.1, -0.05) is 12.1 Å². The van der Waals surface area contributed by atoms with Gasteiger partial charge in [-0.15, -0.1) is 0 Å². The first-order chi connectivity index (χ1) is 10.2. The monoisotopic (exact) mass is 286 g/mol. The lowest BCUT2D eigenvalue weighted by molar-refractivity contribution is 0.416. The van der Waals surface area contributed by atoms with E-state index in [1.807, 2.05) is 30.3 Å². The first kappa shape index (κ1) is 15.3. The fourth-order valence-electron chi connectivity index (χ4n) is 2.23. The van der Waals surface area contributed by atoms with Crippen molar-refractivity contribution >= 4 is 5.95 Å². The van der Waals surface area contributed by atoms with E-state index < -0.39 is 0 Å². The molecule has 112 valence electrons. The van der Waals surface area contributed by atoms with E-state index in [0.717, 1.165) is 35.8 Å². The smallest absolute Gasteiger partial charge is 0.226 e. The second-order valence-corrected chi connectivity index (χ2v) is 4.62. The van der Waals surface area contributed by atoms with Crippen LogP contribution in [-0.2, 0) is 6.54 Å². The summed E-state index contributed by atoms with van der Waals surface area (Å²) in [6.45, 7) is 6.28. The number of hydrogen-bond acceptors (Lipinski definition) is 5. The SMILES string of the molecule is CCN(CC)c1nc(CN)cc(-c2ccccc2OC)n1. The molecule has 5 heteroatoms. The van der Waals surface area contributed by atoms with E-state index in [-0.39, 0.29) is 0 Å². The number of benzene rings is 1. The third-order valence-corrected chi connectivity index (χ3v) is 3.41. The third kappa shape index (κ3) is 3.31. The Morgan fingerprint density at radius 1 is 1.14 bits per heavy atom. The maximum Gasteiger partial charge on any atom is 0.226 e. The quantitative estimate of drug-likeness (QED) is 0.883. The molecule has 0 aliphatic rings. The summed E-state index contributed by atoms with van der Waals surface area (Å²) in [7, 11) is 1.66. The van der Waals surface area contributed by atoms with Crippen LogP contribution in [0.4, 0.5) is 5.95 Å². The van der Waals surface area contributed by atoms with Crippen molar-refractivity contribution in [1.82, 2.24) is 9.97 Å². The third-order valence-electron chi connectivity index (χ3n) is 3.41. The van der Waals surface area contributed by atoms with Crippen molar-refractivity contribution in [1.29, 1.82) is 0 Å². The van der Waals surface area contributed by atoms with Gasteiger partial charge in [-0.05, 0) is 32.0 Å². The van der Waals surface area contributed by atoms with Gasteiger partial charge in [0.1, 0.15) is 5.75 Å². The molecule has 0 unspecified atom stereocenters. The van der Waals surface area contributed by atoms with Crippen LogP contribution in [0.1, 0.15) is 19.5 Å². The lowest BCUT2D eigenvalue weighted by Gasteiger charge is -2.20. The van der Waals surface area contributed by atoms with E-state index in [4.69, 9.17) is 10.5 Å². The van der Waals surface area contributed by atoms with E-state index >= 15 is 0 Å². The molecule has 2 aromatic rings. The second kappa shape index (κ2) is 7.04. The molecule has 0 aliphatic carbocycles. The minimum Gasteiger partial charge on any atom is -0.496 e. The molecule has 0 radical (unpaired) electrons. The van der Waals surface area contributed by atoms with Gasteiger partial charge in [-0.2, -0.15) is 0 Å². The first-order valence-electron chi connectivity index (χ1n) is 7.19. The second-order valence-electron chi connectivity index (χ2n) is 4.62. The standard InChI is InChI=1S/C16H22N4O/c1-4-20(5-2)16-18-12(11-17)10-14(19-16)13-8-6-7-9-15(13)21-3/h6-10H,4-5,11,17H2,1-3H3. The first-order valence-corrected chi connectivity index (χ1v) is 7.19. The predicted octanol–water partition coefficient (Wildman–Crippen LogP) is 2.46. The highest BCUT2D eigenvalue weighted by Crippen LogP contribution is 2.29. The van der Waals surface area contributed by atoms with Crippen LogP contribution in [0.3, 0.4) is 0 Å². The minimum absolute atomic E-state index is 0.388. The van der Waals surface area contributed by atoms with Crippen LogP contribution in [0, 0.1) is 0 Å². The van der Waals surface area contributed by atoms with Crippen LogP contribution in [0.15, 0.2) is 30.3 Å². The van der Waals surface area contributed by atoms with Crippen LogP contribution in [-0.4, -0.2) is 30.2 Å². The van der Waals surface area contributed by atoms with Crippen LogP contribution < -0.4 is 15.4 Å². The molecule has 0 fully saturated rings. The lowest BCUT2D eigenvalue weighted by atomic mass is 10.1. The summed E-state index contributed by atoms with van der Waals surface area (Å²) in [6, 6.07) is 9.76.